The second-order valence-electron chi connectivity index (χ2n) is 14.1. The van der Waals surface area contributed by atoms with Crippen LogP contribution < -0.4 is 4.90 Å². The van der Waals surface area contributed by atoms with Gasteiger partial charge in [0.15, 0.2) is 0 Å². The van der Waals surface area contributed by atoms with E-state index in [0.29, 0.717) is 30.0 Å². The van der Waals surface area contributed by atoms with Crippen molar-refractivity contribution in [2.45, 2.75) is 76.4 Å². The van der Waals surface area contributed by atoms with Gasteiger partial charge in [0.05, 0.1) is 18.1 Å². The predicted octanol–water partition coefficient (Wildman–Crippen LogP) is 10.3. The highest BCUT2D eigenvalue weighted by atomic mass is 15.2. The van der Waals surface area contributed by atoms with Crippen LogP contribution in [0.2, 0.25) is 0 Å². The Morgan fingerprint density at radius 3 is 2.39 bits per heavy atom. The SMILES string of the molecule is CC1C2=CCCC=C2C2CC=C(N(C3=CC=C4C5=CC(C6=CCCC=C6)=CCC5N(c5ccccc5)C4C3)C3C=CC=CC3)C=C12. The lowest BCUT2D eigenvalue weighted by atomic mass is 9.85. The monoisotopic (exact) mass is 600 g/mol. The lowest BCUT2D eigenvalue weighted by Gasteiger charge is -2.41. The van der Waals surface area contributed by atoms with E-state index >= 15 is 0 Å². The molecule has 2 fully saturated rings. The first-order chi connectivity index (χ1) is 22.7. The summed E-state index contributed by atoms with van der Waals surface area (Å²) in [4.78, 5) is 5.44. The molecule has 0 N–H and O–H groups in total. The molecule has 1 heterocycles. The summed E-state index contributed by atoms with van der Waals surface area (Å²) in [5.41, 5.74) is 14.8. The largest absolute Gasteiger partial charge is 0.357 e. The predicted molar refractivity (Wildman–Crippen MR) is 192 cm³/mol. The molecule has 2 heteroatoms. The van der Waals surface area contributed by atoms with Crippen LogP contribution in [0.25, 0.3) is 0 Å². The second-order valence-corrected chi connectivity index (χ2v) is 14.1. The maximum Gasteiger partial charge on any atom is 0.0607 e. The van der Waals surface area contributed by atoms with Gasteiger partial charge in [-0.15, -0.1) is 0 Å². The van der Waals surface area contributed by atoms with Crippen LogP contribution in [0.15, 0.2) is 172 Å². The molecule has 230 valence electrons. The van der Waals surface area contributed by atoms with Crippen molar-refractivity contribution in [3.8, 4) is 0 Å². The number of hydrogen-bond donors (Lipinski definition) is 0. The molecule has 0 bridgehead atoms. The molecule has 0 aromatic heterocycles. The van der Waals surface area contributed by atoms with Gasteiger partial charge in [0.1, 0.15) is 0 Å². The van der Waals surface area contributed by atoms with Crippen LogP contribution in [0, 0.1) is 11.8 Å². The molecule has 1 aromatic carbocycles. The second kappa shape index (κ2) is 11.5. The zero-order valence-electron chi connectivity index (χ0n) is 27.0. The number of rotatable bonds is 5. The van der Waals surface area contributed by atoms with Crippen molar-refractivity contribution >= 4 is 5.69 Å². The lowest BCUT2D eigenvalue weighted by molar-refractivity contribution is 0.347. The van der Waals surface area contributed by atoms with Gasteiger partial charge in [-0.25, -0.2) is 0 Å². The molecule has 46 heavy (non-hydrogen) atoms. The summed E-state index contributed by atoms with van der Waals surface area (Å²) in [6.07, 6.45) is 45.4. The van der Waals surface area contributed by atoms with Crippen LogP contribution >= 0.6 is 0 Å². The van der Waals surface area contributed by atoms with Gasteiger partial charge in [0, 0.05) is 35.3 Å². The standard InChI is InChI=1S/C44H44N2/c1-30-37-19-11-12-20-38(37)39-24-22-35(28-41(30)39)45(33-15-7-3-8-16-33)36-23-25-40-42-27-32(31-13-5-2-6-14-31)21-26-43(42)46(44(40)29-36)34-17-9-4-10-18-34/h3-5,7-10,13-15,17-23,25,27-28,30,33,39,43-44H,2,6,11-12,16,24,26,29H2,1H3. The highest BCUT2D eigenvalue weighted by molar-refractivity contribution is 5.68. The molecule has 2 nitrogen and oxygen atoms in total. The minimum absolute atomic E-state index is 0.320. The minimum atomic E-state index is 0.320. The summed E-state index contributed by atoms with van der Waals surface area (Å²) < 4.78 is 0. The third kappa shape index (κ3) is 4.60. The van der Waals surface area contributed by atoms with Gasteiger partial charge < -0.3 is 9.80 Å². The average molecular weight is 601 g/mol. The van der Waals surface area contributed by atoms with Crippen molar-refractivity contribution in [3.63, 3.8) is 0 Å². The van der Waals surface area contributed by atoms with Crippen molar-refractivity contribution < 1.29 is 0 Å². The van der Waals surface area contributed by atoms with Crippen molar-refractivity contribution in [1.82, 2.24) is 4.90 Å². The zero-order valence-corrected chi connectivity index (χ0v) is 27.0. The molecule has 1 aromatic rings. The molecular weight excluding hydrogens is 556 g/mol. The van der Waals surface area contributed by atoms with E-state index in [0.717, 1.165) is 38.5 Å². The third-order valence-corrected chi connectivity index (χ3v) is 11.6. The Morgan fingerprint density at radius 2 is 1.57 bits per heavy atom. The first-order valence-electron chi connectivity index (χ1n) is 17.7. The number of para-hydroxylation sites is 1. The molecule has 0 amide bonds. The van der Waals surface area contributed by atoms with E-state index in [4.69, 9.17) is 0 Å². The van der Waals surface area contributed by atoms with Crippen molar-refractivity contribution in [1.29, 1.82) is 0 Å². The Kier molecular flexibility index (Phi) is 6.99. The fraction of sp³-hybridized carbons (Fsp3) is 0.318. The first kappa shape index (κ1) is 28.0. The summed E-state index contributed by atoms with van der Waals surface area (Å²) in [5.74, 6) is 1.08. The molecule has 1 saturated carbocycles. The summed E-state index contributed by atoms with van der Waals surface area (Å²) in [6, 6.07) is 12.2. The number of fused-ring (bicyclic) bond motifs is 6. The molecule has 5 atom stereocenters. The van der Waals surface area contributed by atoms with E-state index < -0.39 is 0 Å². The Labute approximate surface area is 274 Å². The Bertz CT molecular complexity index is 1820. The molecule has 7 aliphatic carbocycles. The maximum absolute atomic E-state index is 2.74. The molecule has 0 radical (unpaired) electrons. The Hall–Kier alpha value is -4.30. The molecule has 5 unspecified atom stereocenters. The quantitative estimate of drug-likeness (QED) is 0.332. The van der Waals surface area contributed by atoms with Crippen LogP contribution in [0.5, 0.6) is 0 Å². The molecular formula is C44H44N2. The van der Waals surface area contributed by atoms with Gasteiger partial charge in [-0.2, -0.15) is 0 Å². The van der Waals surface area contributed by atoms with Crippen LogP contribution in [0.3, 0.4) is 0 Å². The average Bonchev–Trinajstić information content (AvgIpc) is 3.60. The highest BCUT2D eigenvalue weighted by Gasteiger charge is 2.45. The van der Waals surface area contributed by atoms with Crippen molar-refractivity contribution in [2.24, 2.45) is 11.8 Å². The maximum atomic E-state index is 2.74. The number of allylic oxidation sites excluding steroid dienone is 17. The van der Waals surface area contributed by atoms with Crippen LogP contribution in [0.4, 0.5) is 5.69 Å². The fourth-order valence-electron chi connectivity index (χ4n) is 9.42. The normalized spacial score (nSPS) is 30.7. The minimum Gasteiger partial charge on any atom is -0.357 e. The Morgan fingerprint density at radius 1 is 0.696 bits per heavy atom. The van der Waals surface area contributed by atoms with Crippen LogP contribution in [0.1, 0.15) is 58.3 Å². The molecule has 9 rings (SSSR count). The highest BCUT2D eigenvalue weighted by Crippen LogP contribution is 2.52. The lowest BCUT2D eigenvalue weighted by Crippen LogP contribution is -2.41. The molecule has 1 saturated heterocycles. The molecule has 0 spiro atoms. The van der Waals surface area contributed by atoms with Gasteiger partial charge in [-0.1, -0.05) is 104 Å². The number of anilines is 1. The summed E-state index contributed by atoms with van der Waals surface area (Å²) in [6.45, 7) is 2.44. The van der Waals surface area contributed by atoms with Crippen molar-refractivity contribution in [3.05, 3.63) is 172 Å². The van der Waals surface area contributed by atoms with Gasteiger partial charge in [-0.3, -0.25) is 0 Å². The van der Waals surface area contributed by atoms with E-state index in [1.54, 1.807) is 16.7 Å². The van der Waals surface area contributed by atoms with Gasteiger partial charge in [-0.05, 0) is 109 Å². The smallest absolute Gasteiger partial charge is 0.0607 e. The number of hydrogen-bond acceptors (Lipinski definition) is 2. The Balaban J connectivity index is 1.11. The topological polar surface area (TPSA) is 6.48 Å². The summed E-state index contributed by atoms with van der Waals surface area (Å²) in [5, 5.41) is 0. The zero-order chi connectivity index (χ0) is 30.6. The van der Waals surface area contributed by atoms with E-state index in [9.17, 15) is 0 Å². The van der Waals surface area contributed by atoms with E-state index in [1.165, 1.54) is 52.2 Å². The van der Waals surface area contributed by atoms with Gasteiger partial charge in [0.2, 0.25) is 0 Å². The van der Waals surface area contributed by atoms with Crippen LogP contribution in [-0.4, -0.2) is 23.0 Å². The van der Waals surface area contributed by atoms with Gasteiger partial charge in [0.25, 0.3) is 0 Å². The van der Waals surface area contributed by atoms with E-state index in [-0.39, 0.29) is 0 Å². The fourth-order valence-corrected chi connectivity index (χ4v) is 9.42. The number of benzene rings is 1. The molecule has 8 aliphatic rings. The third-order valence-electron chi connectivity index (χ3n) is 11.6. The summed E-state index contributed by atoms with van der Waals surface area (Å²) >= 11 is 0. The molecule has 1 aliphatic heterocycles. The number of nitrogens with zero attached hydrogens (tertiary/aromatic N) is 2. The van der Waals surface area contributed by atoms with E-state index in [1.807, 2.05) is 0 Å². The first-order valence-corrected chi connectivity index (χ1v) is 17.7. The van der Waals surface area contributed by atoms with Gasteiger partial charge >= 0.3 is 0 Å². The van der Waals surface area contributed by atoms with Crippen molar-refractivity contribution in [2.75, 3.05) is 4.90 Å². The summed E-state index contributed by atoms with van der Waals surface area (Å²) in [7, 11) is 0. The van der Waals surface area contributed by atoms with Crippen LogP contribution in [-0.2, 0) is 0 Å². The van der Waals surface area contributed by atoms with E-state index in [2.05, 4.69) is 138 Å².